The van der Waals surface area contributed by atoms with E-state index in [0.29, 0.717) is 11.4 Å². The highest BCUT2D eigenvalue weighted by atomic mass is 16.4. The predicted molar refractivity (Wildman–Crippen MR) is 86.8 cm³/mol. The molecule has 1 aliphatic heterocycles. The van der Waals surface area contributed by atoms with Crippen molar-refractivity contribution in [2.45, 2.75) is 32.1 Å². The number of amides is 1. The van der Waals surface area contributed by atoms with Crippen molar-refractivity contribution in [3.8, 4) is 0 Å². The van der Waals surface area contributed by atoms with E-state index < -0.39 is 11.4 Å². The Kier molecular flexibility index (Phi) is 3.43. The van der Waals surface area contributed by atoms with Crippen LogP contribution in [0.25, 0.3) is 0 Å². The Bertz CT molecular complexity index is 816. The van der Waals surface area contributed by atoms with Crippen LogP contribution in [0, 0.1) is 6.92 Å². The summed E-state index contributed by atoms with van der Waals surface area (Å²) in [6.07, 6.45) is 1.65. The van der Waals surface area contributed by atoms with E-state index in [1.54, 1.807) is 25.3 Å². The van der Waals surface area contributed by atoms with Crippen molar-refractivity contribution >= 4 is 17.7 Å². The Labute approximate surface area is 134 Å². The molecular weight excluding hydrogens is 292 g/mol. The second kappa shape index (κ2) is 5.19. The molecule has 3 rings (SSSR count). The van der Waals surface area contributed by atoms with E-state index in [2.05, 4.69) is 10.3 Å². The Hall–Kier alpha value is -2.69. The minimum atomic E-state index is -0.943. The molecule has 1 aromatic heterocycles. The summed E-state index contributed by atoms with van der Waals surface area (Å²) in [7, 11) is 0. The number of nitrogens with one attached hydrogen (secondary N) is 1. The van der Waals surface area contributed by atoms with Gasteiger partial charge in [-0.15, -0.1) is 0 Å². The molecule has 23 heavy (non-hydrogen) atoms. The molecule has 0 unspecified atom stereocenters. The summed E-state index contributed by atoms with van der Waals surface area (Å²) in [6.45, 7) is 5.66. The van der Waals surface area contributed by atoms with Crippen LogP contribution in [0.15, 0.2) is 36.5 Å². The quantitative estimate of drug-likeness (QED) is 0.913. The number of nitrogens with zero attached hydrogens (tertiary/aromatic N) is 1. The third kappa shape index (κ3) is 2.20. The topological polar surface area (TPSA) is 79.3 Å². The van der Waals surface area contributed by atoms with Gasteiger partial charge in [0.1, 0.15) is 5.82 Å². The molecular formula is C18H18N2O3. The van der Waals surface area contributed by atoms with Crippen LogP contribution in [0.1, 0.15) is 46.8 Å². The van der Waals surface area contributed by atoms with Crippen molar-refractivity contribution in [1.82, 2.24) is 4.98 Å². The molecule has 2 heterocycles. The summed E-state index contributed by atoms with van der Waals surface area (Å²) >= 11 is 0. The average molecular weight is 310 g/mol. The zero-order valence-corrected chi connectivity index (χ0v) is 13.3. The van der Waals surface area contributed by atoms with Crippen molar-refractivity contribution < 1.29 is 14.7 Å². The lowest BCUT2D eigenvalue weighted by Gasteiger charge is -2.30. The lowest BCUT2D eigenvalue weighted by Crippen LogP contribution is -2.36. The lowest BCUT2D eigenvalue weighted by molar-refractivity contribution is -0.120. The van der Waals surface area contributed by atoms with Gasteiger partial charge in [-0.2, -0.15) is 0 Å². The smallest absolute Gasteiger partial charge is 0.335 e. The minimum Gasteiger partial charge on any atom is -0.478 e. The number of carboxylic acid groups (broad SMARTS) is 1. The molecule has 5 heteroatoms. The van der Waals surface area contributed by atoms with E-state index in [9.17, 15) is 9.59 Å². The van der Waals surface area contributed by atoms with Gasteiger partial charge in [-0.3, -0.25) is 4.79 Å². The molecule has 0 aliphatic carbocycles. The third-order valence-electron chi connectivity index (χ3n) is 4.92. The van der Waals surface area contributed by atoms with Gasteiger partial charge in [0.05, 0.1) is 11.0 Å². The average Bonchev–Trinajstić information content (AvgIpc) is 2.78. The van der Waals surface area contributed by atoms with Crippen molar-refractivity contribution in [1.29, 1.82) is 0 Å². The van der Waals surface area contributed by atoms with Gasteiger partial charge in [-0.05, 0) is 43.0 Å². The zero-order chi connectivity index (χ0) is 16.8. The number of pyridine rings is 1. The Balaban J connectivity index is 2.06. The second-order valence-corrected chi connectivity index (χ2v) is 6.16. The number of aromatic carboxylic acids is 1. The number of aryl methyl sites for hydroxylation is 1. The zero-order valence-electron chi connectivity index (χ0n) is 13.3. The predicted octanol–water partition coefficient (Wildman–Crippen LogP) is 3.10. The number of hydrogen-bond donors (Lipinski definition) is 2. The SMILES string of the molecule is Cc1cc([C@@H](C)[C@@]2(C)C(=O)Nc3ncccc32)ccc1C(=O)O. The molecule has 2 N–H and O–H groups in total. The molecule has 0 spiro atoms. The van der Waals surface area contributed by atoms with Gasteiger partial charge in [-0.1, -0.05) is 25.1 Å². The number of carbonyl (C=O) groups excluding carboxylic acids is 1. The van der Waals surface area contributed by atoms with Gasteiger partial charge in [0, 0.05) is 11.8 Å². The maximum absolute atomic E-state index is 12.6. The number of hydrogen-bond acceptors (Lipinski definition) is 3. The standard InChI is InChI=1S/C18H18N2O3/c1-10-9-12(6-7-13(10)16(21)22)11(2)18(3)14-5-4-8-19-15(14)20-17(18)23/h4-9,11H,1-3H3,(H,21,22)(H,19,20,23)/t11-,18-/m1/s1. The summed E-state index contributed by atoms with van der Waals surface area (Å²) in [6, 6.07) is 8.97. The van der Waals surface area contributed by atoms with Gasteiger partial charge >= 0.3 is 5.97 Å². The highest BCUT2D eigenvalue weighted by Gasteiger charge is 2.47. The van der Waals surface area contributed by atoms with Crippen LogP contribution < -0.4 is 5.32 Å². The van der Waals surface area contributed by atoms with Crippen molar-refractivity contribution in [3.63, 3.8) is 0 Å². The van der Waals surface area contributed by atoms with Gasteiger partial charge in [0.15, 0.2) is 0 Å². The first kappa shape index (κ1) is 15.2. The van der Waals surface area contributed by atoms with E-state index in [4.69, 9.17) is 5.11 Å². The molecule has 2 aromatic rings. The molecule has 5 nitrogen and oxygen atoms in total. The van der Waals surface area contributed by atoms with E-state index in [-0.39, 0.29) is 17.4 Å². The largest absolute Gasteiger partial charge is 0.478 e. The lowest BCUT2D eigenvalue weighted by atomic mass is 9.70. The molecule has 0 radical (unpaired) electrons. The van der Waals surface area contributed by atoms with E-state index in [0.717, 1.165) is 11.1 Å². The van der Waals surface area contributed by atoms with Crippen LogP contribution in [0.2, 0.25) is 0 Å². The first-order valence-corrected chi connectivity index (χ1v) is 7.46. The van der Waals surface area contributed by atoms with Crippen LogP contribution in [0.3, 0.4) is 0 Å². The molecule has 0 fully saturated rings. The van der Waals surface area contributed by atoms with Gasteiger partial charge in [-0.25, -0.2) is 9.78 Å². The van der Waals surface area contributed by atoms with Gasteiger partial charge in [0.2, 0.25) is 5.91 Å². The highest BCUT2D eigenvalue weighted by Crippen LogP contribution is 2.46. The number of carbonyl (C=O) groups is 2. The number of fused-ring (bicyclic) bond motifs is 1. The Morgan fingerprint density at radius 3 is 2.74 bits per heavy atom. The maximum Gasteiger partial charge on any atom is 0.335 e. The fourth-order valence-electron chi connectivity index (χ4n) is 3.24. The fourth-order valence-corrected chi connectivity index (χ4v) is 3.24. The second-order valence-electron chi connectivity index (χ2n) is 6.16. The van der Waals surface area contributed by atoms with Crippen LogP contribution in [0.5, 0.6) is 0 Å². The molecule has 0 saturated heterocycles. The number of rotatable bonds is 3. The van der Waals surface area contributed by atoms with Crippen LogP contribution in [-0.2, 0) is 10.2 Å². The molecule has 1 amide bonds. The number of carboxylic acids is 1. The van der Waals surface area contributed by atoms with Crippen molar-refractivity contribution in [2.75, 3.05) is 5.32 Å². The summed E-state index contributed by atoms with van der Waals surface area (Å²) in [5.74, 6) is -0.542. The third-order valence-corrected chi connectivity index (χ3v) is 4.92. The van der Waals surface area contributed by atoms with E-state index >= 15 is 0 Å². The fraction of sp³-hybridized carbons (Fsp3) is 0.278. The Morgan fingerprint density at radius 1 is 1.35 bits per heavy atom. The van der Waals surface area contributed by atoms with Crippen LogP contribution in [0.4, 0.5) is 5.82 Å². The van der Waals surface area contributed by atoms with Gasteiger partial charge < -0.3 is 10.4 Å². The van der Waals surface area contributed by atoms with Crippen molar-refractivity contribution in [2.24, 2.45) is 0 Å². The normalized spacial score (nSPS) is 20.7. The number of benzene rings is 1. The summed E-state index contributed by atoms with van der Waals surface area (Å²) in [5.41, 5.74) is 2.04. The molecule has 0 bridgehead atoms. The first-order valence-electron chi connectivity index (χ1n) is 7.46. The summed E-state index contributed by atoms with van der Waals surface area (Å²) in [4.78, 5) is 28.0. The molecule has 1 aromatic carbocycles. The van der Waals surface area contributed by atoms with E-state index in [1.807, 2.05) is 32.0 Å². The monoisotopic (exact) mass is 310 g/mol. The van der Waals surface area contributed by atoms with Crippen LogP contribution >= 0.6 is 0 Å². The number of anilines is 1. The minimum absolute atomic E-state index is 0.0846. The molecule has 0 saturated carbocycles. The summed E-state index contributed by atoms with van der Waals surface area (Å²) < 4.78 is 0. The van der Waals surface area contributed by atoms with Crippen molar-refractivity contribution in [3.05, 3.63) is 58.8 Å². The maximum atomic E-state index is 12.6. The molecule has 1 aliphatic rings. The van der Waals surface area contributed by atoms with Crippen LogP contribution in [-0.4, -0.2) is 22.0 Å². The van der Waals surface area contributed by atoms with Gasteiger partial charge in [0.25, 0.3) is 0 Å². The Morgan fingerprint density at radius 2 is 2.09 bits per heavy atom. The highest BCUT2D eigenvalue weighted by molar-refractivity contribution is 6.05. The van der Waals surface area contributed by atoms with E-state index in [1.165, 1.54) is 0 Å². The number of aromatic nitrogens is 1. The first-order chi connectivity index (χ1) is 10.9. The molecule has 2 atom stereocenters. The summed E-state index contributed by atoms with van der Waals surface area (Å²) in [5, 5.41) is 12.0. The molecule has 118 valence electrons.